The van der Waals surface area contributed by atoms with E-state index in [1.807, 2.05) is 0 Å². The maximum Gasteiger partial charge on any atom is 0.330 e. The fourth-order valence-corrected chi connectivity index (χ4v) is 11.1. The molecule has 4 aromatic carbocycles. The van der Waals surface area contributed by atoms with Crippen LogP contribution in [0.15, 0.2) is 73.8 Å². The van der Waals surface area contributed by atoms with Crippen molar-refractivity contribution in [2.45, 2.75) is 214 Å². The third kappa shape index (κ3) is 23.0. The maximum atomic E-state index is 12.2. The Hall–Kier alpha value is -6.52. The molecule has 5 rings (SSSR count). The monoisotopic (exact) mass is 1120 g/mol. The average Bonchev–Trinajstić information content (AvgIpc) is 3.48. The van der Waals surface area contributed by atoms with Gasteiger partial charge in [-0.25, -0.2) is 16.2 Å². The standard InChI is InChI=1S/C72H98N2O8/c1-8-14-18-24-37-79-69-59-43-55(31-22-23-35-73)44-60(69)52-64-48-58(34-30-42-78-68(76)13-6)50-66(72(64)82-40-27-21-17-11-4)54-62-46-56(32-28-36-74-7)45-61(70(62)80-38-25-19-15-9-2)53-65-49-57(33-29-41-77-67(75)12-5)47-63(51-59)71(65)81-39-26-20-16-10-3/h12-13,43-50H,5-6,8-11,14-34,36-42,51-54H2,1-4H3. The van der Waals surface area contributed by atoms with Gasteiger partial charge in [-0.05, 0) is 137 Å². The highest BCUT2D eigenvalue weighted by Crippen LogP contribution is 2.42. The Morgan fingerprint density at radius 1 is 0.439 bits per heavy atom. The number of hydrogen-bond acceptors (Lipinski definition) is 9. The molecular formula is C72H98N2O8. The summed E-state index contributed by atoms with van der Waals surface area (Å²) in [6.45, 7) is 27.2. The summed E-state index contributed by atoms with van der Waals surface area (Å²) >= 11 is 0. The normalized spacial score (nSPS) is 11.7. The van der Waals surface area contributed by atoms with Crippen molar-refractivity contribution in [2.75, 3.05) is 46.2 Å². The van der Waals surface area contributed by atoms with E-state index in [1.54, 1.807) is 0 Å². The molecule has 0 aromatic heterocycles. The second-order valence-corrected chi connectivity index (χ2v) is 22.3. The summed E-state index contributed by atoms with van der Waals surface area (Å²) < 4.78 is 39.8. The molecule has 0 amide bonds. The van der Waals surface area contributed by atoms with Crippen molar-refractivity contribution in [3.05, 3.63) is 152 Å². The molecule has 0 fully saturated rings. The summed E-state index contributed by atoms with van der Waals surface area (Å²) in [7, 11) is 0. The van der Waals surface area contributed by atoms with Crippen LogP contribution in [0, 0.1) is 17.9 Å². The molecular weight excluding hydrogens is 1020 g/mol. The zero-order chi connectivity index (χ0) is 58.6. The molecule has 0 aliphatic heterocycles. The molecule has 0 radical (unpaired) electrons. The molecule has 1 aliphatic carbocycles. The predicted molar refractivity (Wildman–Crippen MR) is 333 cm³/mol. The summed E-state index contributed by atoms with van der Waals surface area (Å²) in [5.41, 5.74) is 13.2. The van der Waals surface area contributed by atoms with Crippen LogP contribution in [-0.4, -0.2) is 58.1 Å². The second-order valence-electron chi connectivity index (χ2n) is 22.3. The quantitative estimate of drug-likeness (QED) is 0.0164. The van der Waals surface area contributed by atoms with Crippen molar-refractivity contribution in [1.29, 1.82) is 5.26 Å². The van der Waals surface area contributed by atoms with Crippen LogP contribution in [0.25, 0.3) is 4.85 Å². The molecule has 8 bridgehead atoms. The minimum atomic E-state index is -0.428. The van der Waals surface area contributed by atoms with Gasteiger partial charge in [0.05, 0.1) is 45.7 Å². The van der Waals surface area contributed by atoms with Crippen molar-refractivity contribution < 1.29 is 38.0 Å². The van der Waals surface area contributed by atoms with E-state index in [4.69, 9.17) is 35.0 Å². The van der Waals surface area contributed by atoms with Crippen molar-refractivity contribution in [2.24, 2.45) is 0 Å². The summed E-state index contributed by atoms with van der Waals surface area (Å²) in [4.78, 5) is 28.2. The molecule has 0 heterocycles. The molecule has 0 N–H and O–H groups in total. The lowest BCUT2D eigenvalue weighted by molar-refractivity contribution is -0.138. The van der Waals surface area contributed by atoms with Crippen LogP contribution in [0.1, 0.15) is 229 Å². The zero-order valence-electron chi connectivity index (χ0n) is 50.8. The summed E-state index contributed by atoms with van der Waals surface area (Å²) in [6.07, 6.45) is 27.7. The summed E-state index contributed by atoms with van der Waals surface area (Å²) in [5.74, 6) is 2.69. The van der Waals surface area contributed by atoms with Gasteiger partial charge >= 0.3 is 11.9 Å². The van der Waals surface area contributed by atoms with Crippen LogP contribution in [0.4, 0.5) is 0 Å². The smallest absolute Gasteiger partial charge is 0.330 e. The van der Waals surface area contributed by atoms with Gasteiger partial charge in [0.15, 0.2) is 0 Å². The van der Waals surface area contributed by atoms with E-state index in [0.29, 0.717) is 90.8 Å². The van der Waals surface area contributed by atoms with Gasteiger partial charge in [-0.15, -0.1) is 0 Å². The Bertz CT molecular complexity index is 2410. The molecule has 444 valence electrons. The fourth-order valence-electron chi connectivity index (χ4n) is 11.1. The first-order valence-corrected chi connectivity index (χ1v) is 31.6. The van der Waals surface area contributed by atoms with Gasteiger partial charge < -0.3 is 33.3 Å². The highest BCUT2D eigenvalue weighted by molar-refractivity contribution is 5.81. The van der Waals surface area contributed by atoms with Crippen LogP contribution in [0.3, 0.4) is 0 Å². The van der Waals surface area contributed by atoms with Crippen LogP contribution in [-0.2, 0) is 70.4 Å². The number of carbonyl (C=O) groups is 2. The molecule has 10 nitrogen and oxygen atoms in total. The van der Waals surface area contributed by atoms with Crippen LogP contribution in [0.2, 0.25) is 0 Å². The lowest BCUT2D eigenvalue weighted by atomic mass is 9.87. The number of rotatable bonds is 40. The van der Waals surface area contributed by atoms with E-state index >= 15 is 0 Å². The summed E-state index contributed by atoms with van der Waals surface area (Å²) in [6, 6.07) is 20.9. The Kier molecular flexibility index (Phi) is 31.6. The Labute approximate surface area is 494 Å². The van der Waals surface area contributed by atoms with Gasteiger partial charge in [0, 0.05) is 50.7 Å². The van der Waals surface area contributed by atoms with Gasteiger partial charge in [-0.3, -0.25) is 0 Å². The van der Waals surface area contributed by atoms with Crippen molar-refractivity contribution >= 4 is 11.9 Å². The first-order chi connectivity index (χ1) is 40.2. The van der Waals surface area contributed by atoms with E-state index in [2.05, 4.69) is 100 Å². The number of ether oxygens (including phenoxy) is 6. The molecule has 0 saturated carbocycles. The lowest BCUT2D eigenvalue weighted by Crippen LogP contribution is -2.12. The Morgan fingerprint density at radius 3 is 0.976 bits per heavy atom. The number of nitrogens with zero attached hydrogens (tertiary/aromatic N) is 2. The zero-order valence-corrected chi connectivity index (χ0v) is 50.8. The van der Waals surface area contributed by atoms with Crippen LogP contribution >= 0.6 is 0 Å². The summed E-state index contributed by atoms with van der Waals surface area (Å²) in [5, 5.41) is 9.78. The number of benzene rings is 4. The minimum Gasteiger partial charge on any atom is -0.493 e. The molecule has 0 atom stereocenters. The largest absolute Gasteiger partial charge is 0.493 e. The average molecular weight is 1120 g/mol. The number of fused-ring (bicyclic) bond motifs is 8. The predicted octanol–water partition coefficient (Wildman–Crippen LogP) is 17.2. The van der Waals surface area contributed by atoms with Gasteiger partial charge in [0.25, 0.3) is 0 Å². The Morgan fingerprint density at radius 2 is 0.720 bits per heavy atom. The number of hydrogen-bond donors (Lipinski definition) is 0. The minimum absolute atomic E-state index is 0.274. The fraction of sp³-hybridized carbons (Fsp3) is 0.556. The Balaban J connectivity index is 1.91. The topological polar surface area (TPSA) is 118 Å². The van der Waals surface area contributed by atoms with E-state index in [0.717, 1.165) is 218 Å². The van der Waals surface area contributed by atoms with E-state index < -0.39 is 11.9 Å². The molecule has 82 heavy (non-hydrogen) atoms. The molecule has 0 saturated heterocycles. The first-order valence-electron chi connectivity index (χ1n) is 31.6. The lowest BCUT2D eigenvalue weighted by Gasteiger charge is -2.25. The second kappa shape index (κ2) is 39.0. The molecule has 0 spiro atoms. The molecule has 1 aliphatic rings. The van der Waals surface area contributed by atoms with E-state index in [-0.39, 0.29) is 13.2 Å². The van der Waals surface area contributed by atoms with Gasteiger partial charge in [0.2, 0.25) is 6.54 Å². The third-order valence-electron chi connectivity index (χ3n) is 15.2. The van der Waals surface area contributed by atoms with Crippen molar-refractivity contribution in [1.82, 2.24) is 0 Å². The number of unbranched alkanes of at least 4 members (excludes halogenated alkanes) is 13. The molecule has 0 unspecified atom stereocenters. The molecule has 10 heteroatoms. The van der Waals surface area contributed by atoms with E-state index in [1.165, 1.54) is 12.2 Å². The number of esters is 2. The number of nitriles is 1. The van der Waals surface area contributed by atoms with Gasteiger partial charge in [-0.2, -0.15) is 5.26 Å². The van der Waals surface area contributed by atoms with Gasteiger partial charge in [-0.1, -0.05) is 166 Å². The van der Waals surface area contributed by atoms with Crippen LogP contribution in [0.5, 0.6) is 23.0 Å². The maximum absolute atomic E-state index is 12.2. The molecule has 4 aromatic rings. The van der Waals surface area contributed by atoms with Crippen molar-refractivity contribution in [3.63, 3.8) is 0 Å². The van der Waals surface area contributed by atoms with Crippen LogP contribution < -0.4 is 18.9 Å². The van der Waals surface area contributed by atoms with Crippen molar-refractivity contribution in [3.8, 4) is 29.1 Å². The third-order valence-corrected chi connectivity index (χ3v) is 15.2. The van der Waals surface area contributed by atoms with Gasteiger partial charge in [0.1, 0.15) is 23.0 Å². The highest BCUT2D eigenvalue weighted by atomic mass is 16.5. The van der Waals surface area contributed by atoms with E-state index in [9.17, 15) is 14.9 Å². The first kappa shape index (κ1) is 66.3. The number of carbonyl (C=O) groups excluding carboxylic acids is 2. The SMILES string of the molecule is [C-]#[N+]CCCc1cc2c(OCCCCCC)c(c1)Cc1cc(CCCOC(=O)C=C)cc(c1OCCCCCC)Cc1cc(CCCC#N)cc(c1OCCCCCC)Cc1cc(CCCOC(=O)C=C)cc(c1OCCCCCC)C2. The highest BCUT2D eigenvalue weighted by Gasteiger charge is 2.25. The number of aryl methyl sites for hydroxylation is 4.